The molecule has 0 aliphatic carbocycles. The maximum absolute atomic E-state index is 6.01. The van der Waals surface area contributed by atoms with E-state index >= 15 is 0 Å². The minimum Gasteiger partial charge on any atom is -0.375 e. The van der Waals surface area contributed by atoms with Crippen LogP contribution in [0, 0.1) is 6.92 Å². The first-order chi connectivity index (χ1) is 8.08. The summed E-state index contributed by atoms with van der Waals surface area (Å²) in [5.41, 5.74) is 10.1. The molecule has 0 saturated carbocycles. The Hall–Kier alpha value is -1.02. The third-order valence-corrected chi connectivity index (χ3v) is 3.33. The zero-order valence-electron chi connectivity index (χ0n) is 11.7. The molecule has 0 saturated heterocycles. The second kappa shape index (κ2) is 6.65. The summed E-state index contributed by atoms with van der Waals surface area (Å²) in [5, 5.41) is 0. The van der Waals surface area contributed by atoms with Gasteiger partial charge in [0, 0.05) is 25.3 Å². The number of hydrogen-bond acceptors (Lipinski definition) is 2. The van der Waals surface area contributed by atoms with Crippen molar-refractivity contribution in [2.45, 2.75) is 46.1 Å². The summed E-state index contributed by atoms with van der Waals surface area (Å²) in [4.78, 5) is 2.30. The van der Waals surface area contributed by atoms with Gasteiger partial charge in [0.05, 0.1) is 0 Å². The highest BCUT2D eigenvalue weighted by Crippen LogP contribution is 2.19. The highest BCUT2D eigenvalue weighted by Gasteiger charge is 2.06. The van der Waals surface area contributed by atoms with Gasteiger partial charge in [0.1, 0.15) is 0 Å². The predicted octanol–water partition coefficient (Wildman–Crippen LogP) is 3.12. The number of aryl methyl sites for hydroxylation is 1. The molecule has 1 unspecified atom stereocenters. The molecule has 1 aromatic carbocycles. The zero-order chi connectivity index (χ0) is 12.8. The number of nitrogens with two attached hydrogens (primary N) is 1. The van der Waals surface area contributed by atoms with Gasteiger partial charge in [-0.05, 0) is 49.4 Å². The molecular formula is C15H26N2. The summed E-state index contributed by atoms with van der Waals surface area (Å²) >= 11 is 0. The maximum Gasteiger partial charge on any atom is 0.0366 e. The molecule has 2 N–H and O–H groups in total. The van der Waals surface area contributed by atoms with Gasteiger partial charge in [0.2, 0.25) is 0 Å². The molecule has 0 fully saturated rings. The van der Waals surface area contributed by atoms with Gasteiger partial charge in [-0.2, -0.15) is 0 Å². The monoisotopic (exact) mass is 234 g/mol. The summed E-state index contributed by atoms with van der Waals surface area (Å²) in [7, 11) is 2.15. The first-order valence-electron chi connectivity index (χ1n) is 6.64. The molecule has 0 heterocycles. The predicted molar refractivity (Wildman–Crippen MR) is 76.7 cm³/mol. The van der Waals surface area contributed by atoms with Gasteiger partial charge in [-0.15, -0.1) is 0 Å². The summed E-state index contributed by atoms with van der Waals surface area (Å²) in [5.74, 6) is 0. The fourth-order valence-electron chi connectivity index (χ4n) is 2.04. The summed E-state index contributed by atoms with van der Waals surface area (Å²) in [6.45, 7) is 7.63. The van der Waals surface area contributed by atoms with Crippen LogP contribution in [0.25, 0.3) is 0 Å². The highest BCUT2D eigenvalue weighted by molar-refractivity contribution is 5.50. The molecule has 0 aromatic heterocycles. The highest BCUT2D eigenvalue weighted by atomic mass is 15.1. The van der Waals surface area contributed by atoms with Crippen LogP contribution in [-0.4, -0.2) is 19.6 Å². The van der Waals surface area contributed by atoms with Gasteiger partial charge in [0.25, 0.3) is 0 Å². The van der Waals surface area contributed by atoms with Crippen LogP contribution in [0.2, 0.25) is 0 Å². The molecule has 0 spiro atoms. The van der Waals surface area contributed by atoms with E-state index in [0.29, 0.717) is 0 Å². The maximum atomic E-state index is 6.01. The summed E-state index contributed by atoms with van der Waals surface area (Å²) in [6, 6.07) is 6.99. The number of hydrogen-bond donors (Lipinski definition) is 1. The van der Waals surface area contributed by atoms with E-state index in [-0.39, 0.29) is 6.04 Å². The average Bonchev–Trinajstić information content (AvgIpc) is 2.31. The Labute approximate surface area is 106 Å². The van der Waals surface area contributed by atoms with E-state index in [4.69, 9.17) is 5.73 Å². The van der Waals surface area contributed by atoms with Gasteiger partial charge in [0.15, 0.2) is 0 Å². The van der Waals surface area contributed by atoms with Crippen molar-refractivity contribution in [3.05, 3.63) is 29.3 Å². The Balaban J connectivity index is 2.78. The van der Waals surface area contributed by atoms with Crippen molar-refractivity contribution in [1.29, 1.82) is 0 Å². The lowest BCUT2D eigenvalue weighted by Gasteiger charge is -2.20. The number of rotatable bonds is 6. The first kappa shape index (κ1) is 14.0. The van der Waals surface area contributed by atoms with Crippen LogP contribution >= 0.6 is 0 Å². The van der Waals surface area contributed by atoms with E-state index in [1.165, 1.54) is 23.2 Å². The summed E-state index contributed by atoms with van der Waals surface area (Å²) < 4.78 is 0. The molecular weight excluding hydrogens is 208 g/mol. The van der Waals surface area contributed by atoms with E-state index < -0.39 is 0 Å². The third-order valence-electron chi connectivity index (χ3n) is 3.33. The number of anilines is 1. The van der Waals surface area contributed by atoms with Crippen LogP contribution in [0.15, 0.2) is 18.2 Å². The van der Waals surface area contributed by atoms with Gasteiger partial charge >= 0.3 is 0 Å². The molecule has 0 aliphatic rings. The van der Waals surface area contributed by atoms with Crippen LogP contribution < -0.4 is 10.6 Å². The lowest BCUT2D eigenvalue weighted by atomic mass is 9.99. The molecule has 0 radical (unpaired) electrons. The fraction of sp³-hybridized carbons (Fsp3) is 0.600. The minimum atomic E-state index is 0.285. The second-order valence-electron chi connectivity index (χ2n) is 4.90. The molecule has 0 bridgehead atoms. The molecule has 2 nitrogen and oxygen atoms in total. The van der Waals surface area contributed by atoms with Gasteiger partial charge in [-0.1, -0.05) is 19.9 Å². The average molecular weight is 234 g/mol. The van der Waals surface area contributed by atoms with E-state index in [9.17, 15) is 0 Å². The molecule has 1 atom stereocenters. The topological polar surface area (TPSA) is 29.3 Å². The SMILES string of the molecule is CCCN(C)c1ccc(CC(N)CC)c(C)c1. The number of benzene rings is 1. The van der Waals surface area contributed by atoms with Crippen LogP contribution in [0.4, 0.5) is 5.69 Å². The lowest BCUT2D eigenvalue weighted by Crippen LogP contribution is -2.22. The van der Waals surface area contributed by atoms with Crippen molar-refractivity contribution in [1.82, 2.24) is 0 Å². The first-order valence-corrected chi connectivity index (χ1v) is 6.64. The number of nitrogens with zero attached hydrogens (tertiary/aromatic N) is 1. The van der Waals surface area contributed by atoms with Crippen molar-refractivity contribution in [3.63, 3.8) is 0 Å². The molecule has 0 aliphatic heterocycles. The Morgan fingerprint density at radius 1 is 1.29 bits per heavy atom. The molecule has 96 valence electrons. The Kier molecular flexibility index (Phi) is 5.49. The van der Waals surface area contributed by atoms with Crippen molar-refractivity contribution in [3.8, 4) is 0 Å². The summed E-state index contributed by atoms with van der Waals surface area (Å²) in [6.07, 6.45) is 3.20. The molecule has 17 heavy (non-hydrogen) atoms. The van der Waals surface area contributed by atoms with Crippen molar-refractivity contribution in [2.75, 3.05) is 18.5 Å². The minimum absolute atomic E-state index is 0.285. The smallest absolute Gasteiger partial charge is 0.0366 e. The molecule has 0 amide bonds. The fourth-order valence-corrected chi connectivity index (χ4v) is 2.04. The van der Waals surface area contributed by atoms with Crippen LogP contribution in [0.1, 0.15) is 37.8 Å². The van der Waals surface area contributed by atoms with Gasteiger partial charge in [-0.3, -0.25) is 0 Å². The Morgan fingerprint density at radius 2 is 2.00 bits per heavy atom. The largest absolute Gasteiger partial charge is 0.375 e. The quantitative estimate of drug-likeness (QED) is 0.819. The van der Waals surface area contributed by atoms with E-state index in [1.807, 2.05) is 0 Å². The van der Waals surface area contributed by atoms with Crippen molar-refractivity contribution in [2.24, 2.45) is 5.73 Å². The molecule has 1 aromatic rings. The Bertz CT molecular complexity index is 347. The van der Waals surface area contributed by atoms with Crippen LogP contribution in [-0.2, 0) is 6.42 Å². The van der Waals surface area contributed by atoms with Crippen LogP contribution in [0.5, 0.6) is 0 Å². The van der Waals surface area contributed by atoms with E-state index in [0.717, 1.165) is 19.4 Å². The normalized spacial score (nSPS) is 12.5. The van der Waals surface area contributed by atoms with E-state index in [2.05, 4.69) is 50.9 Å². The van der Waals surface area contributed by atoms with Crippen molar-refractivity contribution < 1.29 is 0 Å². The standard InChI is InChI=1S/C15H26N2/c1-5-9-17(4)15-8-7-13(12(3)10-15)11-14(16)6-2/h7-8,10,14H,5-6,9,11,16H2,1-4H3. The van der Waals surface area contributed by atoms with Crippen LogP contribution in [0.3, 0.4) is 0 Å². The lowest BCUT2D eigenvalue weighted by molar-refractivity contribution is 0.644. The Morgan fingerprint density at radius 3 is 2.53 bits per heavy atom. The second-order valence-corrected chi connectivity index (χ2v) is 4.90. The zero-order valence-corrected chi connectivity index (χ0v) is 11.7. The van der Waals surface area contributed by atoms with Gasteiger partial charge in [-0.25, -0.2) is 0 Å². The van der Waals surface area contributed by atoms with Crippen molar-refractivity contribution >= 4 is 5.69 Å². The van der Waals surface area contributed by atoms with Gasteiger partial charge < -0.3 is 10.6 Å². The molecule has 2 heteroatoms. The third kappa shape index (κ3) is 4.04. The molecule has 1 rings (SSSR count). The van der Waals surface area contributed by atoms with E-state index in [1.54, 1.807) is 0 Å².